The van der Waals surface area contributed by atoms with E-state index in [1.165, 1.54) is 6.07 Å². The lowest BCUT2D eigenvalue weighted by Crippen LogP contribution is -2.28. The molecule has 0 saturated carbocycles. The van der Waals surface area contributed by atoms with Crippen LogP contribution >= 0.6 is 0 Å². The molecule has 22 heavy (non-hydrogen) atoms. The zero-order valence-electron chi connectivity index (χ0n) is 11.9. The molecule has 114 valence electrons. The van der Waals surface area contributed by atoms with Crippen molar-refractivity contribution in [2.45, 2.75) is 6.42 Å². The summed E-state index contributed by atoms with van der Waals surface area (Å²) in [6.07, 6.45) is 0.666. The Balaban J connectivity index is 1.57. The van der Waals surface area contributed by atoms with Crippen molar-refractivity contribution in [3.63, 3.8) is 0 Å². The van der Waals surface area contributed by atoms with Gasteiger partial charge in [-0.15, -0.1) is 0 Å². The largest absolute Gasteiger partial charge is 0.486 e. The van der Waals surface area contributed by atoms with Crippen molar-refractivity contribution in [2.75, 3.05) is 19.8 Å². The summed E-state index contributed by atoms with van der Waals surface area (Å²) in [6.45, 7) is 1.58. The SMILES string of the molecule is O=C(NCCc1ccc2c(c1)OCCO2)c1cccc(=O)[nH]1. The number of amides is 1. The van der Waals surface area contributed by atoms with Crippen LogP contribution < -0.4 is 20.3 Å². The second-order valence-corrected chi connectivity index (χ2v) is 4.91. The van der Waals surface area contributed by atoms with Crippen molar-refractivity contribution in [3.8, 4) is 11.5 Å². The third-order valence-corrected chi connectivity index (χ3v) is 3.32. The summed E-state index contributed by atoms with van der Waals surface area (Å²) in [6, 6.07) is 10.2. The highest BCUT2D eigenvalue weighted by Crippen LogP contribution is 2.30. The summed E-state index contributed by atoms with van der Waals surface area (Å²) < 4.78 is 11.0. The number of aromatic amines is 1. The van der Waals surface area contributed by atoms with Crippen LogP contribution in [0.2, 0.25) is 0 Å². The zero-order chi connectivity index (χ0) is 15.4. The Morgan fingerprint density at radius 2 is 1.95 bits per heavy atom. The maximum atomic E-state index is 11.9. The Kier molecular flexibility index (Phi) is 4.09. The van der Waals surface area contributed by atoms with E-state index in [4.69, 9.17) is 9.47 Å². The number of pyridine rings is 1. The molecule has 2 heterocycles. The van der Waals surface area contributed by atoms with E-state index in [9.17, 15) is 9.59 Å². The lowest BCUT2D eigenvalue weighted by atomic mass is 10.1. The van der Waals surface area contributed by atoms with Crippen LogP contribution in [0, 0.1) is 0 Å². The number of carbonyl (C=O) groups is 1. The topological polar surface area (TPSA) is 80.4 Å². The van der Waals surface area contributed by atoms with Gasteiger partial charge in [0.2, 0.25) is 5.56 Å². The van der Waals surface area contributed by atoms with E-state index in [-0.39, 0.29) is 17.2 Å². The van der Waals surface area contributed by atoms with E-state index in [1.54, 1.807) is 12.1 Å². The van der Waals surface area contributed by atoms with Crippen molar-refractivity contribution in [1.29, 1.82) is 0 Å². The van der Waals surface area contributed by atoms with Gasteiger partial charge in [-0.05, 0) is 30.2 Å². The van der Waals surface area contributed by atoms with Crippen molar-refractivity contribution < 1.29 is 14.3 Å². The van der Waals surface area contributed by atoms with Crippen LogP contribution in [0.3, 0.4) is 0 Å². The summed E-state index contributed by atoms with van der Waals surface area (Å²) in [4.78, 5) is 25.6. The summed E-state index contributed by atoms with van der Waals surface area (Å²) in [5.74, 6) is 1.19. The number of nitrogens with one attached hydrogen (secondary N) is 2. The highest BCUT2D eigenvalue weighted by molar-refractivity contribution is 5.92. The smallest absolute Gasteiger partial charge is 0.267 e. The van der Waals surface area contributed by atoms with Gasteiger partial charge < -0.3 is 19.8 Å². The maximum Gasteiger partial charge on any atom is 0.267 e. The van der Waals surface area contributed by atoms with Gasteiger partial charge in [-0.1, -0.05) is 12.1 Å². The summed E-state index contributed by atoms with van der Waals surface area (Å²) in [7, 11) is 0. The predicted molar refractivity (Wildman–Crippen MR) is 80.5 cm³/mol. The molecule has 6 nitrogen and oxygen atoms in total. The summed E-state index contributed by atoms with van der Waals surface area (Å²) in [5, 5.41) is 2.77. The lowest BCUT2D eigenvalue weighted by molar-refractivity contribution is 0.0949. The molecular weight excluding hydrogens is 284 g/mol. The summed E-state index contributed by atoms with van der Waals surface area (Å²) >= 11 is 0. The minimum Gasteiger partial charge on any atom is -0.486 e. The fourth-order valence-corrected chi connectivity index (χ4v) is 2.24. The fourth-order valence-electron chi connectivity index (χ4n) is 2.24. The van der Waals surface area contributed by atoms with Crippen LogP contribution in [-0.4, -0.2) is 30.6 Å². The molecule has 6 heteroatoms. The van der Waals surface area contributed by atoms with Gasteiger partial charge in [0.25, 0.3) is 5.91 Å². The van der Waals surface area contributed by atoms with E-state index < -0.39 is 0 Å². The quantitative estimate of drug-likeness (QED) is 0.886. The molecule has 3 rings (SSSR count). The minimum absolute atomic E-state index is 0.259. The fraction of sp³-hybridized carbons (Fsp3) is 0.250. The van der Waals surface area contributed by atoms with Crippen LogP contribution in [-0.2, 0) is 6.42 Å². The van der Waals surface area contributed by atoms with Crippen molar-refractivity contribution in [1.82, 2.24) is 10.3 Å². The van der Waals surface area contributed by atoms with Crippen LogP contribution in [0.1, 0.15) is 16.1 Å². The number of benzene rings is 1. The Morgan fingerprint density at radius 3 is 2.77 bits per heavy atom. The van der Waals surface area contributed by atoms with Gasteiger partial charge in [-0.2, -0.15) is 0 Å². The molecule has 1 aliphatic heterocycles. The van der Waals surface area contributed by atoms with Gasteiger partial charge in [0.15, 0.2) is 11.5 Å². The highest BCUT2D eigenvalue weighted by Gasteiger charge is 2.12. The average Bonchev–Trinajstić information content (AvgIpc) is 2.54. The lowest BCUT2D eigenvalue weighted by Gasteiger charge is -2.18. The number of hydrogen-bond donors (Lipinski definition) is 2. The highest BCUT2D eigenvalue weighted by atomic mass is 16.6. The third-order valence-electron chi connectivity index (χ3n) is 3.32. The Labute approximate surface area is 127 Å². The third kappa shape index (κ3) is 3.28. The molecule has 2 N–H and O–H groups in total. The number of H-pyrrole nitrogens is 1. The second kappa shape index (κ2) is 6.34. The van der Waals surface area contributed by atoms with Gasteiger partial charge in [-0.25, -0.2) is 0 Å². The molecule has 0 atom stereocenters. The summed E-state index contributed by atoms with van der Waals surface area (Å²) in [5.41, 5.74) is 1.01. The molecule has 0 aliphatic carbocycles. The van der Waals surface area contributed by atoms with Crippen LogP contribution in [0.25, 0.3) is 0 Å². The van der Waals surface area contributed by atoms with Crippen molar-refractivity contribution >= 4 is 5.91 Å². The van der Waals surface area contributed by atoms with Crippen LogP contribution in [0.15, 0.2) is 41.2 Å². The number of ether oxygens (including phenoxy) is 2. The van der Waals surface area contributed by atoms with E-state index >= 15 is 0 Å². The first-order chi connectivity index (χ1) is 10.7. The number of hydrogen-bond acceptors (Lipinski definition) is 4. The second-order valence-electron chi connectivity index (χ2n) is 4.91. The molecule has 0 fully saturated rings. The Hall–Kier alpha value is -2.76. The zero-order valence-corrected chi connectivity index (χ0v) is 11.9. The molecule has 2 aromatic rings. The molecule has 0 spiro atoms. The van der Waals surface area contributed by atoms with Crippen molar-refractivity contribution in [3.05, 3.63) is 58.0 Å². The average molecular weight is 300 g/mol. The van der Waals surface area contributed by atoms with Gasteiger partial charge >= 0.3 is 0 Å². The van der Waals surface area contributed by atoms with Crippen LogP contribution in [0.5, 0.6) is 11.5 Å². The van der Waals surface area contributed by atoms with Gasteiger partial charge in [0.1, 0.15) is 18.9 Å². The maximum absolute atomic E-state index is 11.9. The molecule has 1 aromatic heterocycles. The molecule has 0 radical (unpaired) electrons. The number of carbonyl (C=O) groups excluding carboxylic acids is 1. The van der Waals surface area contributed by atoms with Gasteiger partial charge in [-0.3, -0.25) is 9.59 Å². The molecule has 1 aliphatic rings. The Morgan fingerprint density at radius 1 is 1.14 bits per heavy atom. The van der Waals surface area contributed by atoms with E-state index in [0.717, 1.165) is 17.1 Å². The molecule has 1 aromatic carbocycles. The molecule has 0 unspecified atom stereocenters. The van der Waals surface area contributed by atoms with Crippen LogP contribution in [0.4, 0.5) is 0 Å². The first-order valence-electron chi connectivity index (χ1n) is 7.08. The van der Waals surface area contributed by atoms with Gasteiger partial charge in [0, 0.05) is 12.6 Å². The molecule has 0 bridgehead atoms. The number of aromatic nitrogens is 1. The molecular formula is C16H16N2O4. The standard InChI is InChI=1S/C16H16N2O4/c19-15-3-1-2-12(18-15)16(20)17-7-6-11-4-5-13-14(10-11)22-9-8-21-13/h1-5,10H,6-9H2,(H,17,20)(H,18,19). The number of fused-ring (bicyclic) bond motifs is 1. The monoisotopic (exact) mass is 300 g/mol. The minimum atomic E-state index is -0.296. The van der Waals surface area contributed by atoms with E-state index in [1.807, 2.05) is 18.2 Å². The molecule has 0 saturated heterocycles. The first-order valence-corrected chi connectivity index (χ1v) is 7.08. The van der Waals surface area contributed by atoms with E-state index in [2.05, 4.69) is 10.3 Å². The Bertz CT molecular complexity index is 739. The van der Waals surface area contributed by atoms with Crippen molar-refractivity contribution in [2.24, 2.45) is 0 Å². The van der Waals surface area contributed by atoms with Gasteiger partial charge in [0.05, 0.1) is 0 Å². The normalized spacial score (nSPS) is 12.7. The first kappa shape index (κ1) is 14.2. The molecule has 1 amide bonds. The number of rotatable bonds is 4. The van der Waals surface area contributed by atoms with E-state index in [0.29, 0.717) is 26.2 Å². The predicted octanol–water partition coefficient (Wildman–Crippen LogP) is 1.12.